The summed E-state index contributed by atoms with van der Waals surface area (Å²) >= 11 is 7.39. The van der Waals surface area contributed by atoms with Gasteiger partial charge in [-0.05, 0) is 60.0 Å². The fraction of sp³-hybridized carbons (Fsp3) is 0.150. The van der Waals surface area contributed by atoms with Crippen molar-refractivity contribution in [3.8, 4) is 5.75 Å². The number of anilines is 1. The van der Waals surface area contributed by atoms with E-state index in [0.29, 0.717) is 23.0 Å². The number of amides is 1. The van der Waals surface area contributed by atoms with E-state index in [2.05, 4.69) is 5.32 Å². The second-order valence-corrected chi connectivity index (χ2v) is 9.50. The van der Waals surface area contributed by atoms with Gasteiger partial charge < -0.3 is 10.1 Å². The van der Waals surface area contributed by atoms with Crippen LogP contribution in [0.2, 0.25) is 5.02 Å². The molecule has 29 heavy (non-hydrogen) atoms. The Bertz CT molecular complexity index is 1050. The van der Waals surface area contributed by atoms with E-state index in [-0.39, 0.29) is 17.4 Å². The number of hydrogen-bond acceptors (Lipinski definition) is 5. The van der Waals surface area contributed by atoms with Gasteiger partial charge in [-0.15, -0.1) is 11.3 Å². The highest BCUT2D eigenvalue weighted by Crippen LogP contribution is 2.25. The molecule has 0 bridgehead atoms. The average Bonchev–Trinajstić information content (AvgIpc) is 3.24. The fourth-order valence-electron chi connectivity index (χ4n) is 2.45. The SMILES string of the molecule is CN(c1ccc(OCC(=O)NCc2cccs2)cc1)S(=O)(=O)c1ccc(Cl)cc1. The van der Waals surface area contributed by atoms with Crippen LogP contribution in [0.4, 0.5) is 5.69 Å². The van der Waals surface area contributed by atoms with Crippen molar-refractivity contribution in [2.75, 3.05) is 18.0 Å². The van der Waals surface area contributed by atoms with Crippen molar-refractivity contribution < 1.29 is 17.9 Å². The lowest BCUT2D eigenvalue weighted by molar-refractivity contribution is -0.123. The standard InChI is InChI=1S/C20H19ClN2O4S2/c1-23(29(25,26)19-10-4-15(21)5-11-19)16-6-8-17(9-7-16)27-14-20(24)22-13-18-3-2-12-28-18/h2-12H,13-14H2,1H3,(H,22,24). The molecule has 0 radical (unpaired) electrons. The summed E-state index contributed by atoms with van der Waals surface area (Å²) < 4.78 is 32.1. The minimum absolute atomic E-state index is 0.121. The van der Waals surface area contributed by atoms with Crippen LogP contribution in [0.1, 0.15) is 4.88 Å². The summed E-state index contributed by atoms with van der Waals surface area (Å²) in [4.78, 5) is 13.1. The number of rotatable bonds is 8. The first-order chi connectivity index (χ1) is 13.9. The maximum atomic E-state index is 12.7. The van der Waals surface area contributed by atoms with E-state index in [4.69, 9.17) is 16.3 Å². The van der Waals surface area contributed by atoms with E-state index in [1.165, 1.54) is 35.6 Å². The van der Waals surface area contributed by atoms with Crippen LogP contribution in [0.5, 0.6) is 5.75 Å². The van der Waals surface area contributed by atoms with E-state index >= 15 is 0 Å². The summed E-state index contributed by atoms with van der Waals surface area (Å²) in [6.07, 6.45) is 0. The van der Waals surface area contributed by atoms with Crippen molar-refractivity contribution in [1.82, 2.24) is 5.32 Å². The Kier molecular flexibility index (Phi) is 6.79. The van der Waals surface area contributed by atoms with Crippen LogP contribution in [0.3, 0.4) is 0 Å². The van der Waals surface area contributed by atoms with Gasteiger partial charge in [0.05, 0.1) is 17.1 Å². The highest BCUT2D eigenvalue weighted by molar-refractivity contribution is 7.92. The van der Waals surface area contributed by atoms with Gasteiger partial charge in [0.25, 0.3) is 15.9 Å². The van der Waals surface area contributed by atoms with Crippen LogP contribution in [-0.2, 0) is 21.4 Å². The third kappa shape index (κ3) is 5.50. The molecule has 0 saturated heterocycles. The smallest absolute Gasteiger partial charge is 0.264 e. The topological polar surface area (TPSA) is 75.7 Å². The van der Waals surface area contributed by atoms with E-state index in [9.17, 15) is 13.2 Å². The molecule has 1 amide bonds. The molecule has 0 fully saturated rings. The monoisotopic (exact) mass is 450 g/mol. The van der Waals surface area contributed by atoms with Crippen molar-refractivity contribution in [3.63, 3.8) is 0 Å². The Morgan fingerprint density at radius 3 is 2.41 bits per heavy atom. The number of sulfonamides is 1. The van der Waals surface area contributed by atoms with E-state index in [0.717, 1.165) is 4.88 Å². The summed E-state index contributed by atoms with van der Waals surface area (Å²) in [5.74, 6) is 0.238. The van der Waals surface area contributed by atoms with E-state index in [1.807, 2.05) is 17.5 Å². The molecule has 9 heteroatoms. The molecule has 0 unspecified atom stereocenters. The predicted molar refractivity (Wildman–Crippen MR) is 115 cm³/mol. The van der Waals surface area contributed by atoms with E-state index in [1.54, 1.807) is 35.6 Å². The molecule has 0 atom stereocenters. The van der Waals surface area contributed by atoms with Gasteiger partial charge in [0.2, 0.25) is 0 Å². The zero-order valence-corrected chi connectivity index (χ0v) is 17.9. The predicted octanol–water partition coefficient (Wildman–Crippen LogP) is 3.92. The van der Waals surface area contributed by atoms with Crippen LogP contribution in [0, 0.1) is 0 Å². The van der Waals surface area contributed by atoms with Gasteiger partial charge in [-0.2, -0.15) is 0 Å². The first-order valence-electron chi connectivity index (χ1n) is 8.63. The third-order valence-corrected chi connectivity index (χ3v) is 7.01. The van der Waals surface area contributed by atoms with Crippen LogP contribution < -0.4 is 14.4 Å². The molecule has 3 rings (SSSR count). The van der Waals surface area contributed by atoms with Crippen molar-refractivity contribution in [3.05, 3.63) is 75.9 Å². The van der Waals surface area contributed by atoms with Gasteiger partial charge in [-0.3, -0.25) is 9.10 Å². The Morgan fingerprint density at radius 2 is 1.79 bits per heavy atom. The van der Waals surface area contributed by atoms with Gasteiger partial charge in [-0.25, -0.2) is 8.42 Å². The molecule has 3 aromatic rings. The second kappa shape index (κ2) is 9.30. The van der Waals surface area contributed by atoms with Crippen molar-refractivity contribution in [1.29, 1.82) is 0 Å². The Hall–Kier alpha value is -2.55. The summed E-state index contributed by atoms with van der Waals surface area (Å²) in [7, 11) is -2.24. The lowest BCUT2D eigenvalue weighted by Gasteiger charge is -2.20. The quantitative estimate of drug-likeness (QED) is 0.564. The van der Waals surface area contributed by atoms with Gasteiger partial charge >= 0.3 is 0 Å². The fourth-order valence-corrected chi connectivity index (χ4v) is 4.42. The zero-order chi connectivity index (χ0) is 20.9. The second-order valence-electron chi connectivity index (χ2n) is 6.07. The minimum atomic E-state index is -3.71. The number of carbonyl (C=O) groups excluding carboxylic acids is 1. The summed E-state index contributed by atoms with van der Waals surface area (Å²) in [5, 5.41) is 5.19. The molecule has 0 aliphatic rings. The molecule has 0 saturated carbocycles. The Morgan fingerprint density at radius 1 is 1.10 bits per heavy atom. The molecule has 0 aliphatic heterocycles. The molecule has 0 aliphatic carbocycles. The molecule has 152 valence electrons. The maximum absolute atomic E-state index is 12.7. The van der Waals surface area contributed by atoms with Gasteiger partial charge in [0.15, 0.2) is 6.61 Å². The largest absolute Gasteiger partial charge is 0.484 e. The lowest BCUT2D eigenvalue weighted by Crippen LogP contribution is -2.28. The number of benzene rings is 2. The highest BCUT2D eigenvalue weighted by atomic mass is 35.5. The molecular formula is C20H19ClN2O4S2. The molecule has 2 aromatic carbocycles. The van der Waals surface area contributed by atoms with E-state index < -0.39 is 10.0 Å². The number of nitrogens with zero attached hydrogens (tertiary/aromatic N) is 1. The summed E-state index contributed by atoms with van der Waals surface area (Å²) in [5.41, 5.74) is 0.467. The maximum Gasteiger partial charge on any atom is 0.264 e. The van der Waals surface area contributed by atoms with Crippen LogP contribution in [0.25, 0.3) is 0 Å². The van der Waals surface area contributed by atoms with Crippen molar-refractivity contribution in [2.45, 2.75) is 11.4 Å². The first-order valence-corrected chi connectivity index (χ1v) is 11.3. The first kappa shape index (κ1) is 21.2. The minimum Gasteiger partial charge on any atom is -0.484 e. The number of carbonyl (C=O) groups is 1. The highest BCUT2D eigenvalue weighted by Gasteiger charge is 2.21. The van der Waals surface area contributed by atoms with Crippen molar-refractivity contribution in [2.24, 2.45) is 0 Å². The third-order valence-electron chi connectivity index (χ3n) is 4.08. The van der Waals surface area contributed by atoms with Gasteiger partial charge in [-0.1, -0.05) is 17.7 Å². The molecular weight excluding hydrogens is 432 g/mol. The molecule has 1 aromatic heterocycles. The zero-order valence-electron chi connectivity index (χ0n) is 15.5. The molecule has 1 N–H and O–H groups in total. The normalized spacial score (nSPS) is 11.1. The summed E-state index contributed by atoms with van der Waals surface area (Å²) in [6.45, 7) is 0.343. The molecule has 1 heterocycles. The Balaban J connectivity index is 1.57. The lowest BCUT2D eigenvalue weighted by atomic mass is 10.3. The van der Waals surface area contributed by atoms with Crippen LogP contribution in [-0.4, -0.2) is 28.0 Å². The van der Waals surface area contributed by atoms with Gasteiger partial charge in [0.1, 0.15) is 5.75 Å². The number of nitrogens with one attached hydrogen (secondary N) is 1. The number of ether oxygens (including phenoxy) is 1. The number of hydrogen-bond donors (Lipinski definition) is 1. The average molecular weight is 451 g/mol. The molecule has 0 spiro atoms. The Labute approximate surface area is 178 Å². The van der Waals surface area contributed by atoms with Crippen LogP contribution in [0.15, 0.2) is 70.9 Å². The van der Waals surface area contributed by atoms with Gasteiger partial charge in [0, 0.05) is 16.9 Å². The number of halogens is 1. The molecule has 6 nitrogen and oxygen atoms in total. The van der Waals surface area contributed by atoms with Crippen LogP contribution >= 0.6 is 22.9 Å². The van der Waals surface area contributed by atoms with Crippen molar-refractivity contribution >= 4 is 44.6 Å². The number of thiophene rings is 1. The summed E-state index contributed by atoms with van der Waals surface area (Å²) in [6, 6.07) is 16.3.